The molecule has 1 aromatic rings. The van der Waals surface area contributed by atoms with Crippen LogP contribution < -0.4 is 10.6 Å². The smallest absolute Gasteiger partial charge is 0.227 e. The van der Waals surface area contributed by atoms with Crippen LogP contribution in [-0.2, 0) is 16.0 Å². The lowest BCUT2D eigenvalue weighted by molar-refractivity contribution is -0.121. The van der Waals surface area contributed by atoms with Gasteiger partial charge in [0.15, 0.2) is 0 Å². The second kappa shape index (κ2) is 9.45. The zero-order valence-corrected chi connectivity index (χ0v) is 14.9. The van der Waals surface area contributed by atoms with E-state index in [0.29, 0.717) is 12.3 Å². The Bertz CT molecular complexity index is 531. The van der Waals surface area contributed by atoms with Gasteiger partial charge in [-0.05, 0) is 42.9 Å². The number of hydrogen-bond donors (Lipinski definition) is 2. The maximum atomic E-state index is 12.2. The molecule has 0 spiro atoms. The fourth-order valence-corrected chi connectivity index (χ4v) is 3.03. The molecule has 4 heteroatoms. The second-order valence-corrected chi connectivity index (χ2v) is 7.22. The van der Waals surface area contributed by atoms with Crippen LogP contribution in [0.25, 0.3) is 0 Å². The van der Waals surface area contributed by atoms with E-state index in [2.05, 4.69) is 24.5 Å². The lowest BCUT2D eigenvalue weighted by Crippen LogP contribution is -2.27. The molecule has 0 aromatic heterocycles. The van der Waals surface area contributed by atoms with E-state index in [1.807, 2.05) is 24.3 Å². The Hall–Kier alpha value is -1.84. The average Bonchev–Trinajstić information content (AvgIpc) is 2.60. The first-order valence-electron chi connectivity index (χ1n) is 9.21. The molecule has 2 rings (SSSR count). The number of carbonyl (C=O) groups is 2. The van der Waals surface area contributed by atoms with E-state index in [1.54, 1.807) is 0 Å². The monoisotopic (exact) mass is 330 g/mol. The van der Waals surface area contributed by atoms with Crippen molar-refractivity contribution in [1.29, 1.82) is 0 Å². The summed E-state index contributed by atoms with van der Waals surface area (Å²) in [6, 6.07) is 7.85. The molecule has 0 bridgehead atoms. The third-order valence-corrected chi connectivity index (χ3v) is 4.55. The molecule has 2 N–H and O–H groups in total. The summed E-state index contributed by atoms with van der Waals surface area (Å²) in [6.45, 7) is 4.90. The second-order valence-electron chi connectivity index (χ2n) is 7.22. The van der Waals surface area contributed by atoms with Gasteiger partial charge in [-0.15, -0.1) is 0 Å². The van der Waals surface area contributed by atoms with Crippen LogP contribution in [0.4, 0.5) is 5.69 Å². The predicted molar refractivity (Wildman–Crippen MR) is 97.8 cm³/mol. The largest absolute Gasteiger partial charge is 0.356 e. The SMILES string of the molecule is CC(C)CNC(=O)CCc1ccc(NC(=O)C2CCCCC2)cc1. The van der Waals surface area contributed by atoms with Gasteiger partial charge >= 0.3 is 0 Å². The van der Waals surface area contributed by atoms with E-state index >= 15 is 0 Å². The highest BCUT2D eigenvalue weighted by atomic mass is 16.2. The Labute approximate surface area is 145 Å². The van der Waals surface area contributed by atoms with Gasteiger partial charge in [0.25, 0.3) is 0 Å². The molecule has 0 atom stereocenters. The van der Waals surface area contributed by atoms with Crippen LogP contribution in [0.3, 0.4) is 0 Å². The highest BCUT2D eigenvalue weighted by Crippen LogP contribution is 2.25. The summed E-state index contributed by atoms with van der Waals surface area (Å²) in [5, 5.41) is 5.95. The molecule has 1 aromatic carbocycles. The maximum Gasteiger partial charge on any atom is 0.227 e. The fraction of sp³-hybridized carbons (Fsp3) is 0.600. The van der Waals surface area contributed by atoms with Gasteiger partial charge in [0.2, 0.25) is 11.8 Å². The number of amides is 2. The highest BCUT2D eigenvalue weighted by Gasteiger charge is 2.20. The van der Waals surface area contributed by atoms with E-state index < -0.39 is 0 Å². The van der Waals surface area contributed by atoms with Crippen LogP contribution in [0, 0.1) is 11.8 Å². The van der Waals surface area contributed by atoms with Crippen molar-refractivity contribution in [3.8, 4) is 0 Å². The fourth-order valence-electron chi connectivity index (χ4n) is 3.03. The van der Waals surface area contributed by atoms with E-state index in [1.165, 1.54) is 6.42 Å². The third kappa shape index (κ3) is 6.34. The molecule has 132 valence electrons. The van der Waals surface area contributed by atoms with Crippen LogP contribution in [0.1, 0.15) is 57.9 Å². The Morgan fingerprint density at radius 1 is 1.08 bits per heavy atom. The van der Waals surface area contributed by atoms with Crippen LogP contribution in [-0.4, -0.2) is 18.4 Å². The van der Waals surface area contributed by atoms with Gasteiger partial charge in [0.1, 0.15) is 0 Å². The van der Waals surface area contributed by atoms with Crippen LogP contribution in [0.5, 0.6) is 0 Å². The van der Waals surface area contributed by atoms with Crippen molar-refractivity contribution < 1.29 is 9.59 Å². The zero-order valence-electron chi connectivity index (χ0n) is 14.9. The summed E-state index contributed by atoms with van der Waals surface area (Å²) < 4.78 is 0. The van der Waals surface area contributed by atoms with Crippen LogP contribution in [0.2, 0.25) is 0 Å². The van der Waals surface area contributed by atoms with Gasteiger partial charge < -0.3 is 10.6 Å². The molecular formula is C20H30N2O2. The first-order valence-corrected chi connectivity index (χ1v) is 9.21. The quantitative estimate of drug-likeness (QED) is 0.796. The van der Waals surface area contributed by atoms with Crippen molar-refractivity contribution in [3.05, 3.63) is 29.8 Å². The van der Waals surface area contributed by atoms with Crippen molar-refractivity contribution in [2.45, 2.75) is 58.8 Å². The standard InChI is InChI=1S/C20H30N2O2/c1-15(2)14-21-19(23)13-10-16-8-11-18(12-9-16)22-20(24)17-6-4-3-5-7-17/h8-9,11-12,15,17H,3-7,10,13-14H2,1-2H3,(H,21,23)(H,22,24). The highest BCUT2D eigenvalue weighted by molar-refractivity contribution is 5.92. The molecule has 1 aliphatic rings. The Morgan fingerprint density at radius 2 is 1.75 bits per heavy atom. The van der Waals surface area contributed by atoms with E-state index in [-0.39, 0.29) is 17.7 Å². The molecule has 0 unspecified atom stereocenters. The zero-order chi connectivity index (χ0) is 17.4. The Balaban J connectivity index is 1.75. The number of carbonyl (C=O) groups excluding carboxylic acids is 2. The molecular weight excluding hydrogens is 300 g/mol. The first kappa shape index (κ1) is 18.5. The lowest BCUT2D eigenvalue weighted by Gasteiger charge is -2.20. The molecule has 4 nitrogen and oxygen atoms in total. The van der Waals surface area contributed by atoms with E-state index in [0.717, 1.165) is 49.9 Å². The Kier molecular flexibility index (Phi) is 7.29. The minimum atomic E-state index is 0.0957. The average molecular weight is 330 g/mol. The van der Waals surface area contributed by atoms with Gasteiger partial charge in [-0.25, -0.2) is 0 Å². The molecule has 2 amide bonds. The normalized spacial score (nSPS) is 15.3. The van der Waals surface area contributed by atoms with Crippen molar-refractivity contribution in [2.24, 2.45) is 11.8 Å². The van der Waals surface area contributed by atoms with Gasteiger partial charge in [-0.2, -0.15) is 0 Å². The Morgan fingerprint density at radius 3 is 2.38 bits per heavy atom. The number of hydrogen-bond acceptors (Lipinski definition) is 2. The first-order chi connectivity index (χ1) is 11.5. The lowest BCUT2D eigenvalue weighted by atomic mass is 9.88. The number of anilines is 1. The van der Waals surface area contributed by atoms with E-state index in [4.69, 9.17) is 0 Å². The van der Waals surface area contributed by atoms with Crippen molar-refractivity contribution >= 4 is 17.5 Å². The van der Waals surface area contributed by atoms with Gasteiger partial charge in [0.05, 0.1) is 0 Å². The molecule has 1 aliphatic carbocycles. The van der Waals surface area contributed by atoms with Crippen molar-refractivity contribution in [3.63, 3.8) is 0 Å². The maximum absolute atomic E-state index is 12.2. The summed E-state index contributed by atoms with van der Waals surface area (Å²) in [6.07, 6.45) is 6.82. The molecule has 0 heterocycles. The van der Waals surface area contributed by atoms with Crippen LogP contribution >= 0.6 is 0 Å². The molecule has 0 aliphatic heterocycles. The number of aryl methyl sites for hydroxylation is 1. The predicted octanol–water partition coefficient (Wildman–Crippen LogP) is 3.91. The summed E-state index contributed by atoms with van der Waals surface area (Å²) in [4.78, 5) is 24.0. The summed E-state index contributed by atoms with van der Waals surface area (Å²) in [5.41, 5.74) is 1.96. The van der Waals surface area contributed by atoms with Gasteiger partial charge in [0, 0.05) is 24.6 Å². The summed E-state index contributed by atoms with van der Waals surface area (Å²) in [5.74, 6) is 0.887. The van der Waals surface area contributed by atoms with Crippen molar-refractivity contribution in [1.82, 2.24) is 5.32 Å². The number of nitrogens with one attached hydrogen (secondary N) is 2. The number of benzene rings is 1. The summed E-state index contributed by atoms with van der Waals surface area (Å²) in [7, 11) is 0. The third-order valence-electron chi connectivity index (χ3n) is 4.55. The molecule has 1 fully saturated rings. The topological polar surface area (TPSA) is 58.2 Å². The molecule has 0 saturated heterocycles. The summed E-state index contributed by atoms with van der Waals surface area (Å²) >= 11 is 0. The molecule has 0 radical (unpaired) electrons. The van der Waals surface area contributed by atoms with Crippen molar-refractivity contribution in [2.75, 3.05) is 11.9 Å². The molecule has 24 heavy (non-hydrogen) atoms. The van der Waals surface area contributed by atoms with Gasteiger partial charge in [-0.3, -0.25) is 9.59 Å². The van der Waals surface area contributed by atoms with E-state index in [9.17, 15) is 9.59 Å². The van der Waals surface area contributed by atoms with Crippen LogP contribution in [0.15, 0.2) is 24.3 Å². The van der Waals surface area contributed by atoms with Gasteiger partial charge in [-0.1, -0.05) is 45.2 Å². The number of rotatable bonds is 7. The minimum absolute atomic E-state index is 0.0957. The minimum Gasteiger partial charge on any atom is -0.356 e. The molecule has 1 saturated carbocycles.